The van der Waals surface area contributed by atoms with E-state index in [4.69, 9.17) is 20.2 Å². The molecule has 0 spiro atoms. The Morgan fingerprint density at radius 3 is 2.09 bits per heavy atom. The van der Waals surface area contributed by atoms with Gasteiger partial charge in [0.15, 0.2) is 12.6 Å². The van der Waals surface area contributed by atoms with Crippen LogP contribution < -0.4 is 0 Å². The minimum Gasteiger partial charge on any atom is -0.368 e. The molecule has 1 aromatic heterocycles. The number of benzene rings is 4. The van der Waals surface area contributed by atoms with E-state index in [1.807, 2.05) is 36.5 Å². The number of aliphatic hydroxyl groups is 2. The van der Waals surface area contributed by atoms with Crippen LogP contribution in [0.15, 0.2) is 79.0 Å². The third-order valence-corrected chi connectivity index (χ3v) is 5.35. The topological polar surface area (TPSA) is 84.7 Å². The second-order valence-corrected chi connectivity index (χ2v) is 7.44. The van der Waals surface area contributed by atoms with E-state index in [-0.39, 0.29) is 26.5 Å². The van der Waals surface area contributed by atoms with Gasteiger partial charge in [-0.15, -0.1) is 29.7 Å². The van der Waals surface area contributed by atoms with Gasteiger partial charge in [0.05, 0.1) is 11.2 Å². The Bertz CT molecular complexity index is 1320. The molecule has 0 saturated carbocycles. The molecule has 0 amide bonds. The van der Waals surface area contributed by atoms with Gasteiger partial charge in [-0.05, 0) is 5.39 Å². The zero-order chi connectivity index (χ0) is 23.2. The molecule has 34 heavy (non-hydrogen) atoms. The molecule has 4 aromatic carbocycles. The first kappa shape index (κ1) is 25.8. The molecular weight excluding hydrogens is 609 g/mol. The summed E-state index contributed by atoms with van der Waals surface area (Å²) in [6.07, 6.45) is 0.0413. The van der Waals surface area contributed by atoms with Gasteiger partial charge in [0.1, 0.15) is 0 Å². The molecule has 2 atom stereocenters. The van der Waals surface area contributed by atoms with Crippen LogP contribution in [0.4, 0.5) is 0 Å². The van der Waals surface area contributed by atoms with E-state index < -0.39 is 12.6 Å². The average molecular weight is 634 g/mol. The molecule has 5 rings (SSSR count). The van der Waals surface area contributed by atoms with Crippen molar-refractivity contribution in [1.29, 1.82) is 0 Å². The number of hydrogen-bond donors (Lipinski definition) is 2. The number of hydrogen-bond acceptors (Lipinski definition) is 6. The third-order valence-electron chi connectivity index (χ3n) is 5.35. The van der Waals surface area contributed by atoms with Gasteiger partial charge in [-0.2, -0.15) is 0 Å². The Hall–Kier alpha value is -2.77. The summed E-state index contributed by atoms with van der Waals surface area (Å²) in [6.45, 7) is 0. The second-order valence-electron chi connectivity index (χ2n) is 7.44. The van der Waals surface area contributed by atoms with Crippen molar-refractivity contribution in [1.82, 2.24) is 9.97 Å². The Kier molecular flexibility index (Phi) is 9.19. The van der Waals surface area contributed by atoms with E-state index in [2.05, 4.69) is 58.0 Å². The van der Waals surface area contributed by atoms with Crippen LogP contribution >= 0.6 is 0 Å². The molecule has 7 heteroatoms. The molecule has 1 radical (unpaired) electrons. The Morgan fingerprint density at radius 1 is 0.794 bits per heavy atom. The van der Waals surface area contributed by atoms with Crippen LogP contribution in [-0.4, -0.2) is 47.0 Å². The van der Waals surface area contributed by atoms with Crippen molar-refractivity contribution in [2.75, 3.05) is 14.2 Å². The molecule has 2 unspecified atom stereocenters. The maximum absolute atomic E-state index is 8.70. The molecule has 0 saturated heterocycles. The number of methoxy groups -OCH3 is 2. The van der Waals surface area contributed by atoms with Crippen LogP contribution in [0, 0.1) is 6.07 Å². The standard InChI is InChI=1S/C22H13N2.C5H12O4.Ir/c1-2-8-15(9-3-1)20-14-23-21-18-12-6-4-10-16(18)17-11-5-7-13-19(17)22(21)24-20;1-8-4(6)3-5(7)9-2;/h1-11,13-14H;4-7H,3H2,1-2H3;/q-1;;. The second kappa shape index (κ2) is 12.1. The molecule has 6 nitrogen and oxygen atoms in total. The van der Waals surface area contributed by atoms with Crippen molar-refractivity contribution in [2.24, 2.45) is 0 Å². The van der Waals surface area contributed by atoms with Gasteiger partial charge in [-0.1, -0.05) is 65.4 Å². The van der Waals surface area contributed by atoms with Crippen molar-refractivity contribution in [3.05, 3.63) is 85.1 Å². The molecule has 5 aromatic rings. The van der Waals surface area contributed by atoms with Crippen molar-refractivity contribution >= 4 is 32.6 Å². The fraction of sp³-hybridized carbons (Fsp3) is 0.185. The van der Waals surface area contributed by atoms with Crippen LogP contribution in [-0.2, 0) is 29.6 Å². The molecule has 177 valence electrons. The van der Waals surface area contributed by atoms with E-state index in [0.717, 1.165) is 33.1 Å². The number of aliphatic hydroxyl groups excluding tert-OH is 2. The van der Waals surface area contributed by atoms with E-state index in [1.54, 1.807) is 0 Å². The zero-order valence-electron chi connectivity index (χ0n) is 18.8. The summed E-state index contributed by atoms with van der Waals surface area (Å²) >= 11 is 0. The van der Waals surface area contributed by atoms with Gasteiger partial charge in [0, 0.05) is 58.0 Å². The number of nitrogens with zero attached hydrogens (tertiary/aromatic N) is 2. The van der Waals surface area contributed by atoms with Gasteiger partial charge >= 0.3 is 0 Å². The van der Waals surface area contributed by atoms with Crippen LogP contribution in [0.25, 0.3) is 43.8 Å². The number of rotatable bonds is 5. The Labute approximate surface area is 211 Å². The summed E-state index contributed by atoms with van der Waals surface area (Å²) in [7, 11) is 2.71. The van der Waals surface area contributed by atoms with Crippen molar-refractivity contribution < 1.29 is 39.8 Å². The van der Waals surface area contributed by atoms with Gasteiger partial charge in [-0.3, -0.25) is 4.98 Å². The minimum absolute atomic E-state index is 0. The monoisotopic (exact) mass is 634 g/mol. The molecular formula is C27H25IrN2O4-. The summed E-state index contributed by atoms with van der Waals surface area (Å²) in [5.74, 6) is 0. The first-order valence-electron chi connectivity index (χ1n) is 10.6. The van der Waals surface area contributed by atoms with Crippen molar-refractivity contribution in [3.8, 4) is 11.3 Å². The van der Waals surface area contributed by atoms with Crippen LogP contribution in [0.2, 0.25) is 0 Å². The molecule has 2 N–H and O–H groups in total. The number of ether oxygens (including phenoxy) is 2. The van der Waals surface area contributed by atoms with E-state index in [9.17, 15) is 0 Å². The molecule has 0 bridgehead atoms. The molecule has 0 aliphatic heterocycles. The fourth-order valence-electron chi connectivity index (χ4n) is 3.65. The number of aromatic nitrogens is 2. The molecule has 0 fully saturated rings. The molecule has 1 heterocycles. The SMILES string of the molecule is COC(O)CC(O)OC.[Ir].[c-]1cccc2c1c1ncc(-c3ccccc3)nc1c1ccccc21. The quantitative estimate of drug-likeness (QED) is 0.166. The first-order valence-corrected chi connectivity index (χ1v) is 10.6. The van der Waals surface area contributed by atoms with Gasteiger partial charge in [-0.25, -0.2) is 0 Å². The predicted molar refractivity (Wildman–Crippen MR) is 129 cm³/mol. The van der Waals surface area contributed by atoms with Gasteiger partial charge < -0.3 is 24.7 Å². The minimum atomic E-state index is -0.944. The predicted octanol–water partition coefficient (Wildman–Crippen LogP) is 4.71. The summed E-state index contributed by atoms with van der Waals surface area (Å²) in [4.78, 5) is 9.68. The summed E-state index contributed by atoms with van der Waals surface area (Å²) in [5, 5.41) is 21.9. The first-order chi connectivity index (χ1) is 16.1. The maximum atomic E-state index is 8.70. The van der Waals surface area contributed by atoms with E-state index in [0.29, 0.717) is 0 Å². The van der Waals surface area contributed by atoms with Gasteiger partial charge in [0.25, 0.3) is 0 Å². The summed E-state index contributed by atoms with van der Waals surface area (Å²) in [6, 6.07) is 28.0. The maximum Gasteiger partial charge on any atom is 0.158 e. The van der Waals surface area contributed by atoms with Crippen molar-refractivity contribution in [2.45, 2.75) is 19.0 Å². The smallest absolute Gasteiger partial charge is 0.158 e. The molecule has 0 aliphatic carbocycles. The van der Waals surface area contributed by atoms with Crippen molar-refractivity contribution in [3.63, 3.8) is 0 Å². The molecule has 0 aliphatic rings. The van der Waals surface area contributed by atoms with Crippen LogP contribution in [0.1, 0.15) is 6.42 Å². The van der Waals surface area contributed by atoms with Crippen LogP contribution in [0.5, 0.6) is 0 Å². The average Bonchev–Trinajstić information content (AvgIpc) is 2.89. The summed E-state index contributed by atoms with van der Waals surface area (Å²) in [5.41, 5.74) is 3.81. The Balaban J connectivity index is 0.000000281. The number of fused-ring (bicyclic) bond motifs is 6. The fourth-order valence-corrected chi connectivity index (χ4v) is 3.65. The normalized spacial score (nSPS) is 12.6. The zero-order valence-corrected chi connectivity index (χ0v) is 21.2. The van der Waals surface area contributed by atoms with Gasteiger partial charge in [0.2, 0.25) is 0 Å². The largest absolute Gasteiger partial charge is 0.368 e. The van der Waals surface area contributed by atoms with E-state index >= 15 is 0 Å². The summed E-state index contributed by atoms with van der Waals surface area (Å²) < 4.78 is 8.88. The third kappa shape index (κ3) is 5.65. The Morgan fingerprint density at radius 2 is 1.41 bits per heavy atom. The van der Waals surface area contributed by atoms with E-state index in [1.165, 1.54) is 25.0 Å². The van der Waals surface area contributed by atoms with Crippen LogP contribution in [0.3, 0.4) is 0 Å².